The molecule has 1 heterocycles. The Bertz CT molecular complexity index is 725. The van der Waals surface area contributed by atoms with E-state index in [9.17, 15) is 8.42 Å². The van der Waals surface area contributed by atoms with Gasteiger partial charge in [-0.2, -0.15) is 4.98 Å². The molecular weight excluding hydrogens is 294 g/mol. The van der Waals surface area contributed by atoms with Crippen LogP contribution in [-0.2, 0) is 23.1 Å². The molecule has 0 atom stereocenters. The summed E-state index contributed by atoms with van der Waals surface area (Å²) < 4.78 is 33.6. The highest BCUT2D eigenvalue weighted by molar-refractivity contribution is 7.89. The Hall–Kier alpha value is -1.93. The van der Waals surface area contributed by atoms with Crippen LogP contribution in [0.5, 0.6) is 5.75 Å². The molecule has 0 amide bonds. The Kier molecular flexibility index (Phi) is 4.59. The van der Waals surface area contributed by atoms with Gasteiger partial charge in [-0.25, -0.2) is 13.6 Å². The largest absolute Gasteiger partial charge is 0.484 e. The van der Waals surface area contributed by atoms with Crippen LogP contribution in [-0.4, -0.2) is 18.6 Å². The van der Waals surface area contributed by atoms with Crippen molar-refractivity contribution in [3.8, 4) is 5.75 Å². The lowest BCUT2D eigenvalue weighted by molar-refractivity contribution is 0.278. The van der Waals surface area contributed by atoms with E-state index in [4.69, 9.17) is 14.4 Å². The van der Waals surface area contributed by atoms with Gasteiger partial charge in [-0.05, 0) is 31.0 Å². The smallest absolute Gasteiger partial charge is 0.241 e. The van der Waals surface area contributed by atoms with E-state index in [1.165, 1.54) is 6.07 Å². The standard InChI is InChI=1S/C13H17N3O4S/c1-3-4-13-15-12(16-20-13)8-19-10-6-5-9(2)7-11(10)21(14,17)18/h5-7H,3-4,8H2,1-2H3,(H2,14,17,18). The monoisotopic (exact) mass is 311 g/mol. The van der Waals surface area contributed by atoms with Gasteiger partial charge in [0.05, 0.1) is 0 Å². The highest BCUT2D eigenvalue weighted by atomic mass is 32.2. The first kappa shape index (κ1) is 15.5. The molecule has 0 aliphatic carbocycles. The second kappa shape index (κ2) is 6.23. The van der Waals surface area contributed by atoms with E-state index in [0.29, 0.717) is 18.1 Å². The van der Waals surface area contributed by atoms with Crippen LogP contribution in [0.2, 0.25) is 0 Å². The number of hydrogen-bond donors (Lipinski definition) is 1. The Labute approximate surface area is 123 Å². The predicted molar refractivity (Wildman–Crippen MR) is 75.2 cm³/mol. The first-order chi connectivity index (χ1) is 9.90. The third-order valence-electron chi connectivity index (χ3n) is 2.74. The molecule has 21 heavy (non-hydrogen) atoms. The first-order valence-corrected chi connectivity index (χ1v) is 8.02. The highest BCUT2D eigenvalue weighted by Crippen LogP contribution is 2.24. The van der Waals surface area contributed by atoms with Crippen LogP contribution >= 0.6 is 0 Å². The molecule has 2 aromatic rings. The lowest BCUT2D eigenvalue weighted by Crippen LogP contribution is -2.14. The number of aromatic nitrogens is 2. The van der Waals surface area contributed by atoms with Gasteiger partial charge >= 0.3 is 0 Å². The van der Waals surface area contributed by atoms with Gasteiger partial charge in [0.1, 0.15) is 10.6 Å². The molecule has 2 N–H and O–H groups in total. The highest BCUT2D eigenvalue weighted by Gasteiger charge is 2.16. The fourth-order valence-corrected chi connectivity index (χ4v) is 2.52. The Morgan fingerprint density at radius 3 is 2.81 bits per heavy atom. The molecule has 0 aliphatic heterocycles. The maximum Gasteiger partial charge on any atom is 0.241 e. The number of sulfonamides is 1. The van der Waals surface area contributed by atoms with Gasteiger partial charge in [0.2, 0.25) is 21.7 Å². The average Bonchev–Trinajstić information content (AvgIpc) is 2.84. The average molecular weight is 311 g/mol. The number of nitrogens with zero attached hydrogens (tertiary/aromatic N) is 2. The van der Waals surface area contributed by atoms with E-state index >= 15 is 0 Å². The molecule has 0 fully saturated rings. The van der Waals surface area contributed by atoms with Crippen molar-refractivity contribution >= 4 is 10.0 Å². The fourth-order valence-electron chi connectivity index (χ4n) is 1.76. The van der Waals surface area contributed by atoms with Gasteiger partial charge in [-0.1, -0.05) is 18.1 Å². The van der Waals surface area contributed by atoms with E-state index in [2.05, 4.69) is 10.1 Å². The number of benzene rings is 1. The number of primary sulfonamides is 1. The summed E-state index contributed by atoms with van der Waals surface area (Å²) in [6.07, 6.45) is 1.59. The number of hydrogen-bond acceptors (Lipinski definition) is 6. The van der Waals surface area contributed by atoms with E-state index in [-0.39, 0.29) is 17.3 Å². The van der Waals surface area contributed by atoms with Gasteiger partial charge < -0.3 is 9.26 Å². The maximum atomic E-state index is 11.6. The third-order valence-corrected chi connectivity index (χ3v) is 3.67. The Morgan fingerprint density at radius 2 is 2.14 bits per heavy atom. The molecule has 2 rings (SSSR count). The molecule has 0 spiro atoms. The van der Waals surface area contributed by atoms with Gasteiger partial charge in [0.15, 0.2) is 6.61 Å². The zero-order chi connectivity index (χ0) is 15.5. The summed E-state index contributed by atoms with van der Waals surface area (Å²) in [7, 11) is -3.85. The van der Waals surface area contributed by atoms with Crippen molar-refractivity contribution < 1.29 is 17.7 Å². The van der Waals surface area contributed by atoms with Gasteiger partial charge in [-0.15, -0.1) is 0 Å². The van der Waals surface area contributed by atoms with Crippen LogP contribution in [0.3, 0.4) is 0 Å². The number of rotatable bonds is 6. The quantitative estimate of drug-likeness (QED) is 0.867. The molecule has 114 valence electrons. The summed E-state index contributed by atoms with van der Waals surface area (Å²) in [6, 6.07) is 4.76. The van der Waals surface area contributed by atoms with Crippen LogP contribution in [0, 0.1) is 6.92 Å². The summed E-state index contributed by atoms with van der Waals surface area (Å²) in [5.41, 5.74) is 0.774. The summed E-state index contributed by atoms with van der Waals surface area (Å²) in [6.45, 7) is 3.79. The lowest BCUT2D eigenvalue weighted by atomic mass is 10.2. The Morgan fingerprint density at radius 1 is 1.38 bits per heavy atom. The molecular formula is C13H17N3O4S. The van der Waals surface area contributed by atoms with E-state index in [1.54, 1.807) is 19.1 Å². The second-order valence-corrected chi connectivity index (χ2v) is 6.17. The summed E-state index contributed by atoms with van der Waals surface area (Å²) >= 11 is 0. The maximum absolute atomic E-state index is 11.6. The molecule has 0 unspecified atom stereocenters. The topological polar surface area (TPSA) is 108 Å². The van der Waals surface area contributed by atoms with Crippen molar-refractivity contribution in [2.45, 2.75) is 38.2 Å². The van der Waals surface area contributed by atoms with Crippen molar-refractivity contribution in [2.24, 2.45) is 5.14 Å². The third kappa shape index (κ3) is 4.02. The molecule has 1 aromatic carbocycles. The zero-order valence-electron chi connectivity index (χ0n) is 11.9. The lowest BCUT2D eigenvalue weighted by Gasteiger charge is -2.09. The van der Waals surface area contributed by atoms with Crippen molar-refractivity contribution in [2.75, 3.05) is 0 Å². The van der Waals surface area contributed by atoms with E-state index < -0.39 is 10.0 Å². The summed E-state index contributed by atoms with van der Waals surface area (Å²) in [4.78, 5) is 4.09. The zero-order valence-corrected chi connectivity index (χ0v) is 12.7. The van der Waals surface area contributed by atoms with Crippen molar-refractivity contribution in [3.63, 3.8) is 0 Å². The minimum absolute atomic E-state index is 0.0127. The molecule has 8 heteroatoms. The van der Waals surface area contributed by atoms with Crippen LogP contribution in [0.1, 0.15) is 30.6 Å². The molecule has 7 nitrogen and oxygen atoms in total. The van der Waals surface area contributed by atoms with Crippen LogP contribution in [0.4, 0.5) is 0 Å². The fraction of sp³-hybridized carbons (Fsp3) is 0.385. The molecule has 0 saturated heterocycles. The number of ether oxygens (including phenoxy) is 1. The van der Waals surface area contributed by atoms with Crippen LogP contribution < -0.4 is 9.88 Å². The molecule has 1 aromatic heterocycles. The minimum Gasteiger partial charge on any atom is -0.484 e. The van der Waals surface area contributed by atoms with Crippen molar-refractivity contribution in [1.29, 1.82) is 0 Å². The second-order valence-electron chi connectivity index (χ2n) is 4.64. The first-order valence-electron chi connectivity index (χ1n) is 6.48. The molecule has 0 saturated carbocycles. The Balaban J connectivity index is 2.16. The van der Waals surface area contributed by atoms with Crippen molar-refractivity contribution in [3.05, 3.63) is 35.5 Å². The van der Waals surface area contributed by atoms with Crippen LogP contribution in [0.15, 0.2) is 27.6 Å². The van der Waals surface area contributed by atoms with Gasteiger partial charge in [-0.3, -0.25) is 0 Å². The number of aryl methyl sites for hydroxylation is 2. The normalized spacial score (nSPS) is 11.6. The van der Waals surface area contributed by atoms with Crippen molar-refractivity contribution in [1.82, 2.24) is 10.1 Å². The molecule has 0 bridgehead atoms. The predicted octanol–water partition coefficient (Wildman–Crippen LogP) is 1.56. The van der Waals surface area contributed by atoms with Gasteiger partial charge in [0, 0.05) is 6.42 Å². The summed E-state index contributed by atoms with van der Waals surface area (Å²) in [5, 5.41) is 8.95. The summed E-state index contributed by atoms with van der Waals surface area (Å²) in [5.74, 6) is 1.07. The SMILES string of the molecule is CCCc1nc(COc2ccc(C)cc2S(N)(=O)=O)no1. The number of nitrogens with two attached hydrogens (primary N) is 1. The van der Waals surface area contributed by atoms with Gasteiger partial charge in [0.25, 0.3) is 0 Å². The van der Waals surface area contributed by atoms with E-state index in [0.717, 1.165) is 12.0 Å². The molecule has 0 radical (unpaired) electrons. The molecule has 0 aliphatic rings. The minimum atomic E-state index is -3.85. The van der Waals surface area contributed by atoms with E-state index in [1.807, 2.05) is 6.92 Å². The van der Waals surface area contributed by atoms with Crippen LogP contribution in [0.25, 0.3) is 0 Å².